The minimum Gasteiger partial charge on any atom is -0.399 e. The lowest BCUT2D eigenvalue weighted by molar-refractivity contribution is 0.645. The first-order chi connectivity index (χ1) is 8.33. The summed E-state index contributed by atoms with van der Waals surface area (Å²) >= 11 is 2.07. The van der Waals surface area contributed by atoms with Crippen LogP contribution < -0.4 is 5.73 Å². The third-order valence-electron chi connectivity index (χ3n) is 3.19. The monoisotopic (exact) mass is 248 g/mol. The number of rotatable bonds is 2. The van der Waals surface area contributed by atoms with E-state index in [1.165, 1.54) is 25.0 Å². The van der Waals surface area contributed by atoms with Crippen molar-refractivity contribution in [1.29, 1.82) is 0 Å². The molecule has 0 aliphatic carbocycles. The van der Waals surface area contributed by atoms with Crippen molar-refractivity contribution in [2.75, 3.05) is 11.5 Å². The number of thioether (sulfide) groups is 1. The van der Waals surface area contributed by atoms with Crippen LogP contribution >= 0.6 is 11.8 Å². The normalized spacial score (nSPS) is 20.8. The summed E-state index contributed by atoms with van der Waals surface area (Å²) in [6.45, 7) is 0. The Morgan fingerprint density at radius 1 is 1.41 bits per heavy atom. The lowest BCUT2D eigenvalue weighted by atomic mass is 10.1. The molecule has 0 spiro atoms. The van der Waals surface area contributed by atoms with Crippen LogP contribution in [0.5, 0.6) is 0 Å². The smallest absolute Gasteiger partial charge is 0.162 e. The molecule has 1 aliphatic rings. The Bertz CT molecular complexity index is 516. The molecule has 2 aromatic heterocycles. The van der Waals surface area contributed by atoms with Crippen LogP contribution in [0.1, 0.15) is 25.1 Å². The van der Waals surface area contributed by atoms with Gasteiger partial charge >= 0.3 is 0 Å². The van der Waals surface area contributed by atoms with Gasteiger partial charge in [-0.25, -0.2) is 0 Å². The van der Waals surface area contributed by atoms with Gasteiger partial charge < -0.3 is 5.73 Å². The van der Waals surface area contributed by atoms with Crippen molar-refractivity contribution in [3.8, 4) is 0 Å². The Kier molecular flexibility index (Phi) is 2.93. The van der Waals surface area contributed by atoms with Crippen LogP contribution in [-0.2, 0) is 6.42 Å². The maximum atomic E-state index is 5.73. The van der Waals surface area contributed by atoms with Gasteiger partial charge in [-0.15, -0.1) is 10.2 Å². The minimum atomic E-state index is 0.703. The predicted octanol–water partition coefficient (Wildman–Crippen LogP) is 2.14. The molecule has 1 atom stereocenters. The first-order valence-corrected chi connectivity index (χ1v) is 7.08. The van der Waals surface area contributed by atoms with Gasteiger partial charge in [0.25, 0.3) is 0 Å². The van der Waals surface area contributed by atoms with Crippen LogP contribution in [0.4, 0.5) is 5.69 Å². The Labute approximate surface area is 105 Å². The van der Waals surface area contributed by atoms with E-state index in [9.17, 15) is 0 Å². The molecule has 2 aromatic rings. The van der Waals surface area contributed by atoms with E-state index in [0.29, 0.717) is 5.25 Å². The van der Waals surface area contributed by atoms with Crippen molar-refractivity contribution in [1.82, 2.24) is 14.6 Å². The molecule has 90 valence electrons. The molecule has 3 heterocycles. The van der Waals surface area contributed by atoms with Crippen LogP contribution in [0.25, 0.3) is 5.65 Å². The number of aromatic nitrogens is 3. The second-order valence-corrected chi connectivity index (χ2v) is 5.91. The molecular weight excluding hydrogens is 232 g/mol. The fourth-order valence-electron chi connectivity index (χ4n) is 2.27. The van der Waals surface area contributed by atoms with Gasteiger partial charge in [-0.1, -0.05) is 6.42 Å². The predicted molar refractivity (Wildman–Crippen MR) is 71.2 cm³/mol. The maximum Gasteiger partial charge on any atom is 0.162 e. The van der Waals surface area contributed by atoms with E-state index >= 15 is 0 Å². The Morgan fingerprint density at radius 3 is 3.18 bits per heavy atom. The molecule has 17 heavy (non-hydrogen) atoms. The van der Waals surface area contributed by atoms with Crippen molar-refractivity contribution in [2.45, 2.75) is 30.9 Å². The van der Waals surface area contributed by atoms with Crippen LogP contribution in [0.2, 0.25) is 0 Å². The first-order valence-electron chi connectivity index (χ1n) is 6.04. The van der Waals surface area contributed by atoms with Crippen molar-refractivity contribution < 1.29 is 0 Å². The van der Waals surface area contributed by atoms with Gasteiger partial charge in [0.1, 0.15) is 5.82 Å². The number of nitrogens with zero attached hydrogens (tertiary/aromatic N) is 3. The van der Waals surface area contributed by atoms with Crippen LogP contribution in [0, 0.1) is 0 Å². The van der Waals surface area contributed by atoms with Gasteiger partial charge in [0, 0.05) is 29.6 Å². The van der Waals surface area contributed by atoms with Gasteiger partial charge in [0.15, 0.2) is 5.65 Å². The van der Waals surface area contributed by atoms with Gasteiger partial charge in [-0.2, -0.15) is 11.8 Å². The summed E-state index contributed by atoms with van der Waals surface area (Å²) in [5, 5.41) is 9.15. The zero-order valence-corrected chi connectivity index (χ0v) is 10.5. The highest BCUT2D eigenvalue weighted by Crippen LogP contribution is 2.27. The molecule has 0 radical (unpaired) electrons. The number of nitrogens with two attached hydrogens (primary N) is 1. The van der Waals surface area contributed by atoms with Crippen LogP contribution in [0.3, 0.4) is 0 Å². The van der Waals surface area contributed by atoms with Crippen molar-refractivity contribution in [3.05, 3.63) is 24.2 Å². The summed E-state index contributed by atoms with van der Waals surface area (Å²) in [4.78, 5) is 0. The fourth-order valence-corrected chi connectivity index (χ4v) is 3.57. The number of fused-ring (bicyclic) bond motifs is 1. The lowest BCUT2D eigenvalue weighted by Gasteiger charge is -2.20. The van der Waals surface area contributed by atoms with Crippen LogP contribution in [0.15, 0.2) is 18.3 Å². The molecule has 3 rings (SSSR count). The van der Waals surface area contributed by atoms with Gasteiger partial charge in [0.05, 0.1) is 0 Å². The molecule has 0 amide bonds. The Hall–Kier alpha value is -1.23. The van der Waals surface area contributed by atoms with Gasteiger partial charge in [-0.05, 0) is 24.7 Å². The molecule has 0 saturated carbocycles. The summed E-state index contributed by atoms with van der Waals surface area (Å²) < 4.78 is 2.05. The largest absolute Gasteiger partial charge is 0.399 e. The Morgan fingerprint density at radius 2 is 2.35 bits per heavy atom. The number of nitrogen functional groups attached to an aromatic ring is 1. The number of pyridine rings is 1. The van der Waals surface area contributed by atoms with E-state index in [-0.39, 0.29) is 0 Å². The highest BCUT2D eigenvalue weighted by molar-refractivity contribution is 7.99. The van der Waals surface area contributed by atoms with E-state index in [2.05, 4.69) is 22.0 Å². The summed E-state index contributed by atoms with van der Waals surface area (Å²) in [6, 6.07) is 3.76. The molecule has 1 aliphatic heterocycles. The highest BCUT2D eigenvalue weighted by Gasteiger charge is 2.17. The zero-order valence-electron chi connectivity index (χ0n) is 9.67. The third kappa shape index (κ3) is 2.24. The zero-order chi connectivity index (χ0) is 11.7. The molecule has 1 unspecified atom stereocenters. The van der Waals surface area contributed by atoms with E-state index in [1.54, 1.807) is 0 Å². The van der Waals surface area contributed by atoms with E-state index in [1.807, 2.05) is 22.7 Å². The topological polar surface area (TPSA) is 56.2 Å². The number of anilines is 1. The molecule has 5 heteroatoms. The molecule has 1 fully saturated rings. The lowest BCUT2D eigenvalue weighted by Crippen LogP contribution is -2.14. The maximum absolute atomic E-state index is 5.73. The standard InChI is InChI=1S/C12H16N4S/c13-9-4-5-16-11(7-9)14-15-12(16)8-10-3-1-2-6-17-10/h4-5,7,10H,1-3,6,8,13H2. The molecule has 1 saturated heterocycles. The first kappa shape index (κ1) is 10.9. The second kappa shape index (κ2) is 4.56. The van der Waals surface area contributed by atoms with Gasteiger partial charge in [0.2, 0.25) is 0 Å². The summed E-state index contributed by atoms with van der Waals surface area (Å²) in [7, 11) is 0. The van der Waals surface area contributed by atoms with E-state index in [0.717, 1.165) is 23.6 Å². The number of hydrogen-bond donors (Lipinski definition) is 1. The molecule has 0 aromatic carbocycles. The van der Waals surface area contributed by atoms with E-state index in [4.69, 9.17) is 5.73 Å². The van der Waals surface area contributed by atoms with Crippen molar-refractivity contribution in [2.24, 2.45) is 0 Å². The van der Waals surface area contributed by atoms with Crippen molar-refractivity contribution >= 4 is 23.1 Å². The summed E-state index contributed by atoms with van der Waals surface area (Å²) in [5.74, 6) is 2.34. The Balaban J connectivity index is 1.84. The minimum absolute atomic E-state index is 0.703. The molecular formula is C12H16N4S. The summed E-state index contributed by atoms with van der Waals surface area (Å²) in [5.41, 5.74) is 7.32. The second-order valence-electron chi connectivity index (χ2n) is 4.50. The van der Waals surface area contributed by atoms with E-state index < -0.39 is 0 Å². The third-order valence-corrected chi connectivity index (χ3v) is 4.59. The quantitative estimate of drug-likeness (QED) is 0.884. The molecule has 2 N–H and O–H groups in total. The SMILES string of the molecule is Nc1ccn2c(CC3CCCCS3)nnc2c1. The summed E-state index contributed by atoms with van der Waals surface area (Å²) in [6.07, 6.45) is 6.98. The highest BCUT2D eigenvalue weighted by atomic mass is 32.2. The van der Waals surface area contributed by atoms with Crippen molar-refractivity contribution in [3.63, 3.8) is 0 Å². The average Bonchev–Trinajstić information content (AvgIpc) is 2.73. The average molecular weight is 248 g/mol. The molecule has 4 nitrogen and oxygen atoms in total. The van der Waals surface area contributed by atoms with Gasteiger partial charge in [-0.3, -0.25) is 4.40 Å². The van der Waals surface area contributed by atoms with Crippen LogP contribution in [-0.4, -0.2) is 25.6 Å². The number of hydrogen-bond acceptors (Lipinski definition) is 4. The fraction of sp³-hybridized carbons (Fsp3) is 0.500. The molecule has 0 bridgehead atoms.